The third-order valence-corrected chi connectivity index (χ3v) is 4.02. The second-order valence-electron chi connectivity index (χ2n) is 5.66. The second kappa shape index (κ2) is 8.45. The van der Waals surface area contributed by atoms with E-state index in [0.717, 1.165) is 27.9 Å². The summed E-state index contributed by atoms with van der Waals surface area (Å²) >= 11 is 0. The van der Waals surface area contributed by atoms with E-state index in [1.54, 1.807) is 12.1 Å². The minimum atomic E-state index is -0.386. The third kappa shape index (κ3) is 4.18. The predicted molar refractivity (Wildman–Crippen MR) is 98.3 cm³/mol. The van der Waals surface area contributed by atoms with Crippen molar-refractivity contribution in [1.29, 1.82) is 0 Å². The maximum absolute atomic E-state index is 10.9. The number of benzene rings is 2. The number of nitro groups is 1. The minimum absolute atomic E-state index is 0. The first-order valence-corrected chi connectivity index (χ1v) is 8.06. The van der Waals surface area contributed by atoms with Crippen LogP contribution in [0.15, 0.2) is 54.6 Å². The van der Waals surface area contributed by atoms with E-state index in [4.69, 9.17) is 4.74 Å². The van der Waals surface area contributed by atoms with Crippen molar-refractivity contribution in [2.24, 2.45) is 7.05 Å². The number of pyridine rings is 1. The second-order valence-corrected chi connectivity index (χ2v) is 5.66. The van der Waals surface area contributed by atoms with E-state index in [2.05, 4.69) is 4.57 Å². The highest BCUT2D eigenvalue weighted by atomic mass is 35.5. The van der Waals surface area contributed by atoms with Crippen molar-refractivity contribution in [3.05, 3.63) is 76.0 Å². The van der Waals surface area contributed by atoms with Crippen LogP contribution in [0.3, 0.4) is 0 Å². The van der Waals surface area contributed by atoms with E-state index in [1.807, 2.05) is 62.5 Å². The summed E-state index contributed by atoms with van der Waals surface area (Å²) in [6.07, 6.45) is 3.83. The number of aromatic nitrogens is 1. The lowest BCUT2D eigenvalue weighted by Crippen LogP contribution is -3.00. The summed E-state index contributed by atoms with van der Waals surface area (Å²) in [5.74, 6) is 0.856. The predicted octanol–water partition coefficient (Wildman–Crippen LogP) is 1.15. The molecule has 1 aromatic heterocycles. The maximum Gasteiger partial charge on any atom is 0.270 e. The molecule has 0 radical (unpaired) electrons. The number of hydrogen-bond donors (Lipinski definition) is 0. The molecule has 0 saturated carbocycles. The molecule has 0 N–H and O–H groups in total. The molecule has 5 nitrogen and oxygen atoms in total. The van der Waals surface area contributed by atoms with Crippen molar-refractivity contribution < 1.29 is 26.6 Å². The molecule has 26 heavy (non-hydrogen) atoms. The number of ether oxygens (including phenoxy) is 1. The molecule has 3 rings (SSSR count). The van der Waals surface area contributed by atoms with Crippen molar-refractivity contribution in [3.8, 4) is 5.75 Å². The Morgan fingerprint density at radius 2 is 1.92 bits per heavy atom. The Balaban J connectivity index is 0.00000243. The topological polar surface area (TPSA) is 56.3 Å². The van der Waals surface area contributed by atoms with Gasteiger partial charge in [0.15, 0.2) is 0 Å². The van der Waals surface area contributed by atoms with E-state index >= 15 is 0 Å². The molecule has 0 amide bonds. The van der Waals surface area contributed by atoms with Crippen LogP contribution < -0.4 is 21.7 Å². The lowest BCUT2D eigenvalue weighted by Gasteiger charge is -2.04. The standard InChI is InChI=1S/C20H19N2O3.ClH/c1-3-25-19-11-12-20-16(14-19)8-10-17(21(20)2)9-7-15-5-4-6-18(13-15)22(23)24;/h4-14H,3H2,1-2H3;1H/q+1;/p-1. The highest BCUT2D eigenvalue weighted by molar-refractivity contribution is 5.79. The van der Waals surface area contributed by atoms with Gasteiger partial charge < -0.3 is 17.1 Å². The Kier molecular flexibility index (Phi) is 6.31. The summed E-state index contributed by atoms with van der Waals surface area (Å²) < 4.78 is 7.62. The van der Waals surface area contributed by atoms with Gasteiger partial charge >= 0.3 is 0 Å². The molecule has 0 fully saturated rings. The fourth-order valence-electron chi connectivity index (χ4n) is 2.75. The number of fused-ring (bicyclic) bond motifs is 1. The molecule has 0 unspecified atom stereocenters. The number of nitrogens with zero attached hydrogens (tertiary/aromatic N) is 2. The summed E-state index contributed by atoms with van der Waals surface area (Å²) in [6.45, 7) is 2.60. The van der Waals surface area contributed by atoms with E-state index in [0.29, 0.717) is 6.61 Å². The molecule has 0 bridgehead atoms. The number of nitro benzene ring substituents is 1. The van der Waals surface area contributed by atoms with E-state index < -0.39 is 0 Å². The van der Waals surface area contributed by atoms with E-state index in [-0.39, 0.29) is 23.0 Å². The number of non-ortho nitro benzene ring substituents is 1. The minimum Gasteiger partial charge on any atom is -1.00 e. The van der Waals surface area contributed by atoms with Crippen molar-refractivity contribution in [2.45, 2.75) is 6.92 Å². The molecule has 134 valence electrons. The van der Waals surface area contributed by atoms with E-state index in [1.165, 1.54) is 6.07 Å². The summed E-state index contributed by atoms with van der Waals surface area (Å²) in [5.41, 5.74) is 2.97. The molecule has 0 aliphatic carbocycles. The van der Waals surface area contributed by atoms with Crippen LogP contribution in [-0.2, 0) is 7.05 Å². The van der Waals surface area contributed by atoms with Crippen molar-refractivity contribution in [1.82, 2.24) is 0 Å². The Bertz CT molecular complexity index is 970. The molecule has 3 aromatic rings. The monoisotopic (exact) mass is 370 g/mol. The van der Waals surface area contributed by atoms with Crippen LogP contribution >= 0.6 is 0 Å². The van der Waals surface area contributed by atoms with Gasteiger partial charge in [-0.1, -0.05) is 12.1 Å². The largest absolute Gasteiger partial charge is 1.00 e. The molecule has 0 aliphatic heterocycles. The molecular weight excluding hydrogens is 352 g/mol. The van der Waals surface area contributed by atoms with Gasteiger partial charge in [-0.2, -0.15) is 4.57 Å². The lowest BCUT2D eigenvalue weighted by atomic mass is 10.1. The molecule has 0 spiro atoms. The summed E-state index contributed by atoms with van der Waals surface area (Å²) in [5, 5.41) is 12.0. The SMILES string of the molecule is CCOc1ccc2c(ccc(C=Cc3cccc([N+](=O)[O-])c3)[n+]2C)c1.[Cl-]. The van der Waals surface area contributed by atoms with Crippen LogP contribution in [-0.4, -0.2) is 11.5 Å². The van der Waals surface area contributed by atoms with Gasteiger partial charge in [0.25, 0.3) is 5.69 Å². The van der Waals surface area contributed by atoms with Gasteiger partial charge in [-0.15, -0.1) is 0 Å². The highest BCUT2D eigenvalue weighted by Gasteiger charge is 2.10. The fourth-order valence-corrected chi connectivity index (χ4v) is 2.75. The van der Waals surface area contributed by atoms with Crippen LogP contribution in [0.25, 0.3) is 23.1 Å². The number of aryl methyl sites for hydroxylation is 1. The first kappa shape index (κ1) is 19.4. The fraction of sp³-hybridized carbons (Fsp3) is 0.150. The van der Waals surface area contributed by atoms with Crippen LogP contribution in [0.2, 0.25) is 0 Å². The Hall–Kier alpha value is -2.92. The normalized spacial score (nSPS) is 10.7. The molecule has 2 aromatic carbocycles. The van der Waals surface area contributed by atoms with Gasteiger partial charge in [-0.25, -0.2) is 0 Å². The zero-order chi connectivity index (χ0) is 17.8. The third-order valence-electron chi connectivity index (χ3n) is 4.02. The Morgan fingerprint density at radius 1 is 1.12 bits per heavy atom. The van der Waals surface area contributed by atoms with Gasteiger partial charge in [-0.05, 0) is 36.8 Å². The van der Waals surface area contributed by atoms with Gasteiger partial charge in [0, 0.05) is 30.3 Å². The van der Waals surface area contributed by atoms with Crippen molar-refractivity contribution in [3.63, 3.8) is 0 Å². The van der Waals surface area contributed by atoms with Crippen LogP contribution in [0.4, 0.5) is 5.69 Å². The number of rotatable bonds is 5. The van der Waals surface area contributed by atoms with Gasteiger partial charge in [0.2, 0.25) is 11.2 Å². The van der Waals surface area contributed by atoms with E-state index in [9.17, 15) is 10.1 Å². The Morgan fingerprint density at radius 3 is 2.65 bits per heavy atom. The zero-order valence-corrected chi connectivity index (χ0v) is 15.3. The average molecular weight is 371 g/mol. The van der Waals surface area contributed by atoms with Gasteiger partial charge in [0.1, 0.15) is 12.8 Å². The average Bonchev–Trinajstić information content (AvgIpc) is 2.62. The van der Waals surface area contributed by atoms with Crippen LogP contribution in [0, 0.1) is 10.1 Å². The van der Waals surface area contributed by atoms with Gasteiger partial charge in [-0.3, -0.25) is 10.1 Å². The lowest BCUT2D eigenvalue weighted by molar-refractivity contribution is -0.646. The maximum atomic E-state index is 10.9. The summed E-state index contributed by atoms with van der Waals surface area (Å²) in [7, 11) is 2.00. The zero-order valence-electron chi connectivity index (χ0n) is 14.6. The first-order valence-electron chi connectivity index (χ1n) is 8.06. The number of halogens is 1. The molecule has 1 heterocycles. The molecule has 0 aliphatic rings. The first-order chi connectivity index (χ1) is 12.1. The Labute approximate surface area is 158 Å². The van der Waals surface area contributed by atoms with Crippen LogP contribution in [0.1, 0.15) is 18.2 Å². The highest BCUT2D eigenvalue weighted by Crippen LogP contribution is 2.20. The molecule has 0 saturated heterocycles. The summed E-state index contributed by atoms with van der Waals surface area (Å²) in [4.78, 5) is 10.5. The van der Waals surface area contributed by atoms with Crippen LogP contribution in [0.5, 0.6) is 5.75 Å². The molecular formula is C20H19ClN2O3. The van der Waals surface area contributed by atoms with Gasteiger partial charge in [0.05, 0.1) is 16.9 Å². The molecule has 0 atom stereocenters. The van der Waals surface area contributed by atoms with Crippen molar-refractivity contribution in [2.75, 3.05) is 6.61 Å². The summed E-state index contributed by atoms with van der Waals surface area (Å²) in [6, 6.07) is 16.7. The number of hydrogen-bond acceptors (Lipinski definition) is 3. The van der Waals surface area contributed by atoms with Crippen molar-refractivity contribution >= 4 is 28.7 Å². The quantitative estimate of drug-likeness (QED) is 0.384. The molecule has 6 heteroatoms. The smallest absolute Gasteiger partial charge is 0.270 e.